The number of nitrogens with one attached hydrogen (secondary N) is 1. The molecular weight excluding hydrogens is 262 g/mol. The summed E-state index contributed by atoms with van der Waals surface area (Å²) in [6.07, 6.45) is 5.21. The monoisotopic (exact) mass is 287 g/mol. The predicted octanol–water partition coefficient (Wildman–Crippen LogP) is 2.29. The number of anilines is 1. The summed E-state index contributed by atoms with van der Waals surface area (Å²) in [5, 5.41) is 3.53. The fourth-order valence-electron chi connectivity index (χ4n) is 4.15. The average molecular weight is 287 g/mol. The molecule has 4 nitrogen and oxygen atoms in total. The molecule has 3 atom stereocenters. The van der Waals surface area contributed by atoms with Gasteiger partial charge in [0, 0.05) is 32.3 Å². The summed E-state index contributed by atoms with van der Waals surface area (Å²) in [5.74, 6) is 1.88. The number of hydrogen-bond acceptors (Lipinski definition) is 4. The normalized spacial score (nSPS) is 29.7. The van der Waals surface area contributed by atoms with Crippen LogP contribution in [0.3, 0.4) is 0 Å². The summed E-state index contributed by atoms with van der Waals surface area (Å²) >= 11 is 0. The maximum Gasteiger partial charge on any atom is 0.132 e. The van der Waals surface area contributed by atoms with Gasteiger partial charge in [0.15, 0.2) is 0 Å². The van der Waals surface area contributed by atoms with Crippen molar-refractivity contribution in [1.29, 1.82) is 0 Å². The Kier molecular flexibility index (Phi) is 3.38. The van der Waals surface area contributed by atoms with Crippen LogP contribution in [0.4, 0.5) is 5.82 Å². The van der Waals surface area contributed by atoms with Crippen molar-refractivity contribution in [3.63, 3.8) is 0 Å². The van der Waals surface area contributed by atoms with Crippen LogP contribution in [0.15, 0.2) is 12.1 Å². The van der Waals surface area contributed by atoms with Crippen molar-refractivity contribution >= 4 is 5.82 Å². The van der Waals surface area contributed by atoms with Gasteiger partial charge >= 0.3 is 0 Å². The van der Waals surface area contributed by atoms with E-state index in [1.165, 1.54) is 30.6 Å². The Bertz CT molecular complexity index is 529. The van der Waals surface area contributed by atoms with Crippen LogP contribution in [0.5, 0.6) is 0 Å². The molecule has 0 aromatic carbocycles. The second-order valence-electron chi connectivity index (χ2n) is 6.84. The molecule has 0 bridgehead atoms. The predicted molar refractivity (Wildman–Crippen MR) is 83.6 cm³/mol. The quantitative estimate of drug-likeness (QED) is 0.925. The summed E-state index contributed by atoms with van der Waals surface area (Å²) in [7, 11) is 1.83. The third kappa shape index (κ3) is 2.16. The molecule has 0 amide bonds. The topological polar surface area (TPSA) is 37.4 Å². The number of hydrogen-bond donors (Lipinski definition) is 1. The standard InChI is InChI=1S/C17H25N3O/c1-11-9-18-10-14-8-13-6-7-15(19-17(13)20(11)14)16(21-2)12-4-3-5-12/h6-7,11-12,14,16,18H,3-5,8-10H2,1-2H3/t11-,14-,16?/m1/s1. The van der Waals surface area contributed by atoms with Crippen molar-refractivity contribution in [2.75, 3.05) is 25.1 Å². The van der Waals surface area contributed by atoms with Gasteiger partial charge in [-0.2, -0.15) is 0 Å². The van der Waals surface area contributed by atoms with Gasteiger partial charge in [0.05, 0.1) is 5.69 Å². The number of piperazine rings is 1. The van der Waals surface area contributed by atoms with Gasteiger partial charge in [0.1, 0.15) is 11.9 Å². The molecule has 114 valence electrons. The number of nitrogens with zero attached hydrogens (tertiary/aromatic N) is 2. The third-order valence-electron chi connectivity index (χ3n) is 5.49. The van der Waals surface area contributed by atoms with E-state index in [0.717, 1.165) is 25.2 Å². The second kappa shape index (κ2) is 5.25. The Morgan fingerprint density at radius 2 is 2.19 bits per heavy atom. The van der Waals surface area contributed by atoms with Crippen LogP contribution in [0, 0.1) is 5.92 Å². The smallest absolute Gasteiger partial charge is 0.132 e. The Morgan fingerprint density at radius 1 is 1.33 bits per heavy atom. The highest BCUT2D eigenvalue weighted by atomic mass is 16.5. The maximum atomic E-state index is 5.77. The fourth-order valence-corrected chi connectivity index (χ4v) is 4.15. The molecule has 1 N–H and O–H groups in total. The number of fused-ring (bicyclic) bond motifs is 3. The van der Waals surface area contributed by atoms with E-state index in [1.807, 2.05) is 7.11 Å². The van der Waals surface area contributed by atoms with Crippen molar-refractivity contribution in [3.05, 3.63) is 23.4 Å². The van der Waals surface area contributed by atoms with Crippen LogP contribution in [0.25, 0.3) is 0 Å². The van der Waals surface area contributed by atoms with Gasteiger partial charge < -0.3 is 15.0 Å². The van der Waals surface area contributed by atoms with E-state index in [-0.39, 0.29) is 6.10 Å². The average Bonchev–Trinajstić information content (AvgIpc) is 2.81. The van der Waals surface area contributed by atoms with Crippen molar-refractivity contribution in [2.45, 2.75) is 50.8 Å². The molecule has 1 unspecified atom stereocenters. The molecule has 3 heterocycles. The lowest BCUT2D eigenvalue weighted by molar-refractivity contribution is 0.0150. The summed E-state index contributed by atoms with van der Waals surface area (Å²) < 4.78 is 5.77. The molecule has 1 saturated heterocycles. The minimum absolute atomic E-state index is 0.182. The van der Waals surface area contributed by atoms with Crippen LogP contribution in [-0.4, -0.2) is 37.3 Å². The SMILES string of the molecule is COC(c1ccc2c(n1)N1[C@@H](CNC[C@H]1C)C2)C1CCC1. The van der Waals surface area contributed by atoms with Gasteiger partial charge in [0.25, 0.3) is 0 Å². The summed E-state index contributed by atoms with van der Waals surface area (Å²) in [5.41, 5.74) is 2.54. The molecule has 3 aliphatic rings. The Balaban J connectivity index is 1.66. The summed E-state index contributed by atoms with van der Waals surface area (Å²) in [6.45, 7) is 4.42. The number of rotatable bonds is 3. The van der Waals surface area contributed by atoms with E-state index in [9.17, 15) is 0 Å². The number of ether oxygens (including phenoxy) is 1. The van der Waals surface area contributed by atoms with Crippen molar-refractivity contribution in [1.82, 2.24) is 10.3 Å². The number of aromatic nitrogens is 1. The lowest BCUT2D eigenvalue weighted by Gasteiger charge is -2.38. The zero-order valence-corrected chi connectivity index (χ0v) is 13.0. The summed E-state index contributed by atoms with van der Waals surface area (Å²) in [6, 6.07) is 5.59. The van der Waals surface area contributed by atoms with E-state index in [2.05, 4.69) is 29.3 Å². The van der Waals surface area contributed by atoms with Crippen LogP contribution in [0.1, 0.15) is 43.5 Å². The van der Waals surface area contributed by atoms with Crippen molar-refractivity contribution < 1.29 is 4.74 Å². The fraction of sp³-hybridized carbons (Fsp3) is 0.706. The molecule has 0 radical (unpaired) electrons. The number of methoxy groups -OCH3 is 1. The maximum absolute atomic E-state index is 5.77. The molecule has 4 rings (SSSR count). The van der Waals surface area contributed by atoms with Gasteiger partial charge in [-0.1, -0.05) is 12.5 Å². The Hall–Kier alpha value is -1.13. The Labute approximate surface area is 126 Å². The molecule has 4 heteroatoms. The molecule has 1 aliphatic carbocycles. The van der Waals surface area contributed by atoms with Crippen molar-refractivity contribution in [2.24, 2.45) is 5.92 Å². The minimum atomic E-state index is 0.182. The Morgan fingerprint density at radius 3 is 2.90 bits per heavy atom. The molecule has 21 heavy (non-hydrogen) atoms. The molecule has 2 aliphatic heterocycles. The molecular formula is C17H25N3O. The molecule has 1 saturated carbocycles. The molecule has 2 fully saturated rings. The van der Waals surface area contributed by atoms with Crippen LogP contribution < -0.4 is 10.2 Å². The first-order valence-electron chi connectivity index (χ1n) is 8.29. The first kappa shape index (κ1) is 13.5. The van der Waals surface area contributed by atoms with Gasteiger partial charge in [-0.3, -0.25) is 0 Å². The first-order chi connectivity index (χ1) is 10.3. The lowest BCUT2D eigenvalue weighted by Crippen LogP contribution is -2.55. The minimum Gasteiger partial charge on any atom is -0.375 e. The van der Waals surface area contributed by atoms with E-state index in [4.69, 9.17) is 9.72 Å². The second-order valence-corrected chi connectivity index (χ2v) is 6.84. The highest BCUT2D eigenvalue weighted by Gasteiger charge is 2.37. The highest BCUT2D eigenvalue weighted by Crippen LogP contribution is 2.41. The van der Waals surface area contributed by atoms with Gasteiger partial charge in [0.2, 0.25) is 0 Å². The zero-order chi connectivity index (χ0) is 14.4. The van der Waals surface area contributed by atoms with E-state index in [0.29, 0.717) is 18.0 Å². The van der Waals surface area contributed by atoms with Crippen LogP contribution >= 0.6 is 0 Å². The molecule has 0 spiro atoms. The first-order valence-corrected chi connectivity index (χ1v) is 8.29. The molecule has 1 aromatic heterocycles. The van der Waals surface area contributed by atoms with Crippen LogP contribution in [-0.2, 0) is 11.2 Å². The van der Waals surface area contributed by atoms with Gasteiger partial charge in [-0.15, -0.1) is 0 Å². The zero-order valence-electron chi connectivity index (χ0n) is 13.0. The van der Waals surface area contributed by atoms with E-state index < -0.39 is 0 Å². The van der Waals surface area contributed by atoms with Gasteiger partial charge in [-0.05, 0) is 43.7 Å². The van der Waals surface area contributed by atoms with E-state index >= 15 is 0 Å². The van der Waals surface area contributed by atoms with Gasteiger partial charge in [-0.25, -0.2) is 4.98 Å². The van der Waals surface area contributed by atoms with Crippen LogP contribution in [0.2, 0.25) is 0 Å². The highest BCUT2D eigenvalue weighted by molar-refractivity contribution is 5.56. The lowest BCUT2D eigenvalue weighted by atomic mass is 9.80. The largest absolute Gasteiger partial charge is 0.375 e. The molecule has 1 aromatic rings. The third-order valence-corrected chi connectivity index (χ3v) is 5.49. The summed E-state index contributed by atoms with van der Waals surface area (Å²) in [4.78, 5) is 7.57. The number of pyridine rings is 1. The van der Waals surface area contributed by atoms with Crippen molar-refractivity contribution in [3.8, 4) is 0 Å². The van der Waals surface area contributed by atoms with E-state index in [1.54, 1.807) is 0 Å².